The number of fused-ring (bicyclic) bond motifs is 1. The minimum atomic E-state index is -0.0887. The van der Waals surface area contributed by atoms with Crippen molar-refractivity contribution in [1.29, 1.82) is 0 Å². The molecular formula is C25H28N2O2. The summed E-state index contributed by atoms with van der Waals surface area (Å²) in [4.78, 5) is 30.2. The Bertz CT molecular complexity index is 1090. The molecule has 4 nitrogen and oxygen atoms in total. The van der Waals surface area contributed by atoms with Gasteiger partial charge in [0.05, 0.1) is 0 Å². The monoisotopic (exact) mass is 388 g/mol. The summed E-state index contributed by atoms with van der Waals surface area (Å²) in [6.07, 6.45) is 5.88. The van der Waals surface area contributed by atoms with Gasteiger partial charge in [0.1, 0.15) is 0 Å². The fourth-order valence-corrected chi connectivity index (χ4v) is 4.40. The van der Waals surface area contributed by atoms with Crippen molar-refractivity contribution in [2.45, 2.75) is 39.5 Å². The van der Waals surface area contributed by atoms with Crippen LogP contribution in [0.4, 0.5) is 0 Å². The van der Waals surface area contributed by atoms with Crippen LogP contribution in [-0.2, 0) is 11.2 Å². The van der Waals surface area contributed by atoms with E-state index in [0.29, 0.717) is 11.8 Å². The third-order valence-corrected chi connectivity index (χ3v) is 6.03. The number of carbonyl (C=O) groups is 1. The molecule has 3 aromatic rings. The number of piperidine rings is 1. The predicted molar refractivity (Wildman–Crippen MR) is 118 cm³/mol. The van der Waals surface area contributed by atoms with Crippen LogP contribution in [0.15, 0.2) is 53.5 Å². The van der Waals surface area contributed by atoms with Crippen LogP contribution < -0.4 is 5.56 Å². The van der Waals surface area contributed by atoms with Crippen molar-refractivity contribution in [2.75, 3.05) is 13.1 Å². The highest BCUT2D eigenvalue weighted by molar-refractivity contribution is 5.96. The second-order valence-corrected chi connectivity index (χ2v) is 8.22. The zero-order valence-electron chi connectivity index (χ0n) is 17.2. The number of benzene rings is 2. The molecule has 1 aromatic heterocycles. The number of likely N-dealkylation sites (tertiary alicyclic amines) is 1. The maximum atomic E-state index is 12.8. The summed E-state index contributed by atoms with van der Waals surface area (Å²) in [7, 11) is 0. The number of rotatable bonds is 4. The fourth-order valence-electron chi connectivity index (χ4n) is 4.40. The number of amides is 1. The van der Waals surface area contributed by atoms with E-state index in [4.69, 9.17) is 0 Å². The summed E-state index contributed by atoms with van der Waals surface area (Å²) in [5.74, 6) is 0.150. The number of aromatic nitrogens is 1. The Morgan fingerprint density at radius 1 is 1.03 bits per heavy atom. The van der Waals surface area contributed by atoms with Gasteiger partial charge >= 0.3 is 0 Å². The number of carbonyl (C=O) groups excluding carboxylic acids is 1. The molecule has 1 saturated heterocycles. The zero-order chi connectivity index (χ0) is 20.4. The number of aromatic amines is 1. The molecule has 0 bridgehead atoms. The lowest BCUT2D eigenvalue weighted by atomic mass is 9.93. The van der Waals surface area contributed by atoms with Gasteiger partial charge in [-0.1, -0.05) is 43.3 Å². The Hall–Kier alpha value is -2.88. The number of hydrogen-bond donors (Lipinski definition) is 1. The zero-order valence-corrected chi connectivity index (χ0v) is 17.2. The Kier molecular flexibility index (Phi) is 5.52. The average molecular weight is 389 g/mol. The van der Waals surface area contributed by atoms with Crippen LogP contribution in [0.1, 0.15) is 37.3 Å². The number of H-pyrrole nitrogens is 1. The molecule has 2 heterocycles. The molecule has 150 valence electrons. The first kappa shape index (κ1) is 19.4. The number of hydrogen-bond acceptors (Lipinski definition) is 2. The molecule has 1 amide bonds. The van der Waals surface area contributed by atoms with Gasteiger partial charge in [0.25, 0.3) is 5.56 Å². The summed E-state index contributed by atoms with van der Waals surface area (Å²) in [5, 5.41) is 1.63. The SMILES string of the molecule is Cc1ccccc1-c1c[nH]c(=O)c2cc(CC(C)C(=O)N3CCCCC3)ccc12. The topological polar surface area (TPSA) is 53.2 Å². The first-order valence-corrected chi connectivity index (χ1v) is 10.5. The summed E-state index contributed by atoms with van der Waals surface area (Å²) in [6, 6.07) is 14.2. The van der Waals surface area contributed by atoms with E-state index < -0.39 is 0 Å². The van der Waals surface area contributed by atoms with Crippen LogP contribution in [0.25, 0.3) is 21.9 Å². The largest absolute Gasteiger partial charge is 0.342 e. The normalized spacial score (nSPS) is 15.4. The summed E-state index contributed by atoms with van der Waals surface area (Å²) >= 11 is 0. The molecule has 2 aromatic carbocycles. The molecule has 0 saturated carbocycles. The van der Waals surface area contributed by atoms with Crippen molar-refractivity contribution in [3.63, 3.8) is 0 Å². The van der Waals surface area contributed by atoms with Crippen LogP contribution in [0, 0.1) is 12.8 Å². The summed E-state index contributed by atoms with van der Waals surface area (Å²) in [6.45, 7) is 5.82. The number of nitrogens with zero attached hydrogens (tertiary/aromatic N) is 1. The van der Waals surface area contributed by atoms with Gasteiger partial charge in [-0.25, -0.2) is 0 Å². The molecule has 1 unspecified atom stereocenters. The number of pyridine rings is 1. The molecule has 29 heavy (non-hydrogen) atoms. The molecular weight excluding hydrogens is 360 g/mol. The highest BCUT2D eigenvalue weighted by Crippen LogP contribution is 2.29. The highest BCUT2D eigenvalue weighted by atomic mass is 16.2. The van der Waals surface area contributed by atoms with Crippen molar-refractivity contribution in [2.24, 2.45) is 5.92 Å². The maximum Gasteiger partial charge on any atom is 0.255 e. The van der Waals surface area contributed by atoms with Crippen LogP contribution in [0.3, 0.4) is 0 Å². The third-order valence-electron chi connectivity index (χ3n) is 6.03. The summed E-state index contributed by atoms with van der Waals surface area (Å²) in [5.41, 5.74) is 4.26. The van der Waals surface area contributed by atoms with E-state index in [1.807, 2.05) is 36.1 Å². The van der Waals surface area contributed by atoms with Crippen LogP contribution in [-0.4, -0.2) is 28.9 Å². The lowest BCUT2D eigenvalue weighted by molar-refractivity contribution is -0.135. The second kappa shape index (κ2) is 8.24. The standard InChI is InChI=1S/C25H28N2O2/c1-17-8-4-5-9-20(17)23-16-26-24(28)22-15-19(10-11-21(22)23)14-18(2)25(29)27-12-6-3-7-13-27/h4-5,8-11,15-16,18H,3,6-7,12-14H2,1-2H3,(H,26,28). The maximum absolute atomic E-state index is 12.8. The van der Waals surface area contributed by atoms with Gasteiger partial charge in [0.2, 0.25) is 5.91 Å². The Labute approximate surface area is 171 Å². The molecule has 1 N–H and O–H groups in total. The molecule has 1 aliphatic rings. The van der Waals surface area contributed by atoms with Crippen molar-refractivity contribution in [3.05, 3.63) is 70.1 Å². The third kappa shape index (κ3) is 3.98. The molecule has 1 fully saturated rings. The highest BCUT2D eigenvalue weighted by Gasteiger charge is 2.22. The predicted octanol–water partition coefficient (Wildman–Crippen LogP) is 4.69. The molecule has 1 atom stereocenters. The van der Waals surface area contributed by atoms with Crippen molar-refractivity contribution in [1.82, 2.24) is 9.88 Å². The van der Waals surface area contributed by atoms with E-state index in [1.54, 1.807) is 6.20 Å². The lowest BCUT2D eigenvalue weighted by Gasteiger charge is -2.29. The van der Waals surface area contributed by atoms with Crippen LogP contribution in [0.2, 0.25) is 0 Å². The first-order chi connectivity index (χ1) is 14.0. The fraction of sp³-hybridized carbons (Fsp3) is 0.360. The van der Waals surface area contributed by atoms with Gasteiger partial charge in [0.15, 0.2) is 0 Å². The quantitative estimate of drug-likeness (QED) is 0.705. The van der Waals surface area contributed by atoms with Crippen molar-refractivity contribution in [3.8, 4) is 11.1 Å². The van der Waals surface area contributed by atoms with Gasteiger partial charge in [0, 0.05) is 36.2 Å². The number of nitrogens with one attached hydrogen (secondary N) is 1. The second-order valence-electron chi connectivity index (χ2n) is 8.22. The van der Waals surface area contributed by atoms with E-state index in [1.165, 1.54) is 12.0 Å². The van der Waals surface area contributed by atoms with Crippen molar-refractivity contribution >= 4 is 16.7 Å². The molecule has 1 aliphatic heterocycles. The van der Waals surface area contributed by atoms with E-state index >= 15 is 0 Å². The van der Waals surface area contributed by atoms with Gasteiger partial charge < -0.3 is 9.88 Å². The molecule has 0 radical (unpaired) electrons. The van der Waals surface area contributed by atoms with Crippen LogP contribution >= 0.6 is 0 Å². The molecule has 0 spiro atoms. The smallest absolute Gasteiger partial charge is 0.255 e. The average Bonchev–Trinajstić information content (AvgIpc) is 2.75. The van der Waals surface area contributed by atoms with Crippen LogP contribution in [0.5, 0.6) is 0 Å². The van der Waals surface area contributed by atoms with E-state index in [2.05, 4.69) is 30.1 Å². The van der Waals surface area contributed by atoms with Crippen molar-refractivity contribution < 1.29 is 4.79 Å². The van der Waals surface area contributed by atoms with Gasteiger partial charge in [-0.15, -0.1) is 0 Å². The molecule has 4 rings (SSSR count). The molecule has 0 aliphatic carbocycles. The number of aryl methyl sites for hydroxylation is 1. The Morgan fingerprint density at radius 3 is 2.55 bits per heavy atom. The van der Waals surface area contributed by atoms with E-state index in [-0.39, 0.29) is 17.4 Å². The Balaban J connectivity index is 1.64. The van der Waals surface area contributed by atoms with Gasteiger partial charge in [-0.3, -0.25) is 9.59 Å². The minimum Gasteiger partial charge on any atom is -0.342 e. The Morgan fingerprint density at radius 2 is 1.79 bits per heavy atom. The molecule has 4 heteroatoms. The first-order valence-electron chi connectivity index (χ1n) is 10.5. The van der Waals surface area contributed by atoms with Gasteiger partial charge in [-0.05, 0) is 60.7 Å². The summed E-state index contributed by atoms with van der Waals surface area (Å²) < 4.78 is 0. The lowest BCUT2D eigenvalue weighted by Crippen LogP contribution is -2.39. The minimum absolute atomic E-state index is 0.0795. The van der Waals surface area contributed by atoms with Gasteiger partial charge in [-0.2, -0.15) is 0 Å². The van der Waals surface area contributed by atoms with E-state index in [0.717, 1.165) is 48.0 Å². The van der Waals surface area contributed by atoms with E-state index in [9.17, 15) is 9.59 Å².